The van der Waals surface area contributed by atoms with Gasteiger partial charge in [0.25, 0.3) is 23.2 Å². The van der Waals surface area contributed by atoms with Crippen LogP contribution in [0.1, 0.15) is 27.1 Å². The van der Waals surface area contributed by atoms with E-state index >= 15 is 0 Å². The fourth-order valence-corrected chi connectivity index (χ4v) is 2.99. The normalized spacial score (nSPS) is 12.5. The zero-order valence-electron chi connectivity index (χ0n) is 15.5. The molecular formula is C18H14N4O8. The topological polar surface area (TPSA) is 162 Å². The maximum Gasteiger partial charge on any atom is 0.296 e. The molecule has 3 rings (SSSR count). The summed E-state index contributed by atoms with van der Waals surface area (Å²) < 4.78 is 4.91. The molecule has 0 saturated carbocycles. The molecule has 0 saturated heterocycles. The highest BCUT2D eigenvalue weighted by atomic mass is 16.6. The van der Waals surface area contributed by atoms with Crippen molar-refractivity contribution in [3.63, 3.8) is 0 Å². The number of nitro groups is 2. The van der Waals surface area contributed by atoms with Crippen molar-refractivity contribution in [1.82, 2.24) is 4.90 Å². The molecule has 0 spiro atoms. The number of rotatable bonds is 7. The maximum atomic E-state index is 12.5. The van der Waals surface area contributed by atoms with Crippen molar-refractivity contribution in [2.75, 3.05) is 19.0 Å². The second kappa shape index (κ2) is 7.95. The average Bonchev–Trinajstić information content (AvgIpc) is 2.96. The van der Waals surface area contributed by atoms with E-state index in [0.717, 1.165) is 17.0 Å². The van der Waals surface area contributed by atoms with Gasteiger partial charge in [0.05, 0.1) is 28.6 Å². The summed E-state index contributed by atoms with van der Waals surface area (Å²) in [5, 5.41) is 24.7. The molecule has 0 unspecified atom stereocenters. The lowest BCUT2D eigenvalue weighted by Crippen LogP contribution is -2.33. The number of amides is 3. The molecule has 1 aliphatic heterocycles. The first kappa shape index (κ1) is 20.4. The van der Waals surface area contributed by atoms with Crippen LogP contribution in [0.4, 0.5) is 17.1 Å². The summed E-state index contributed by atoms with van der Waals surface area (Å²) in [4.78, 5) is 58.7. The van der Waals surface area contributed by atoms with Gasteiger partial charge in [-0.1, -0.05) is 6.07 Å². The Morgan fingerprint density at radius 3 is 2.40 bits per heavy atom. The molecule has 2 aromatic rings. The number of nitrogens with one attached hydrogen (secondary N) is 1. The van der Waals surface area contributed by atoms with E-state index in [-0.39, 0.29) is 41.2 Å². The number of carbonyl (C=O) groups excluding carboxylic acids is 3. The summed E-state index contributed by atoms with van der Waals surface area (Å²) in [7, 11) is 1.34. The largest absolute Gasteiger partial charge is 0.496 e. The highest BCUT2D eigenvalue weighted by Gasteiger charge is 2.40. The molecule has 0 fully saturated rings. The van der Waals surface area contributed by atoms with Gasteiger partial charge >= 0.3 is 0 Å². The second-order valence-corrected chi connectivity index (χ2v) is 6.16. The van der Waals surface area contributed by atoms with Crippen molar-refractivity contribution in [3.8, 4) is 5.75 Å². The van der Waals surface area contributed by atoms with E-state index in [1.54, 1.807) is 0 Å². The minimum Gasteiger partial charge on any atom is -0.496 e. The summed E-state index contributed by atoms with van der Waals surface area (Å²) in [6.07, 6.45) is -0.359. The summed E-state index contributed by atoms with van der Waals surface area (Å²) in [5.41, 5.74) is -1.39. The minimum absolute atomic E-state index is 0.0798. The molecule has 2 aromatic carbocycles. The van der Waals surface area contributed by atoms with Crippen molar-refractivity contribution in [3.05, 3.63) is 67.8 Å². The lowest BCUT2D eigenvalue weighted by atomic mass is 10.1. The van der Waals surface area contributed by atoms with Crippen LogP contribution >= 0.6 is 0 Å². The lowest BCUT2D eigenvalue weighted by molar-refractivity contribution is -0.385. The number of hydrogen-bond acceptors (Lipinski definition) is 8. The number of hydrogen-bond donors (Lipinski definition) is 1. The summed E-state index contributed by atoms with van der Waals surface area (Å²) in [5.74, 6) is -2.07. The van der Waals surface area contributed by atoms with Crippen molar-refractivity contribution >= 4 is 34.8 Å². The smallest absolute Gasteiger partial charge is 0.296 e. The average molecular weight is 414 g/mol. The molecule has 30 heavy (non-hydrogen) atoms. The first-order valence-corrected chi connectivity index (χ1v) is 8.50. The molecular weight excluding hydrogens is 400 g/mol. The third kappa shape index (κ3) is 3.65. The maximum absolute atomic E-state index is 12.5. The predicted octanol–water partition coefficient (Wildman–Crippen LogP) is 2.14. The quantitative estimate of drug-likeness (QED) is 0.409. The highest BCUT2D eigenvalue weighted by Crippen LogP contribution is 2.31. The molecule has 12 nitrogen and oxygen atoms in total. The first-order valence-electron chi connectivity index (χ1n) is 8.50. The second-order valence-electron chi connectivity index (χ2n) is 6.16. The van der Waals surface area contributed by atoms with E-state index in [0.29, 0.717) is 0 Å². The van der Waals surface area contributed by atoms with Gasteiger partial charge in [0.2, 0.25) is 5.91 Å². The van der Waals surface area contributed by atoms with Crippen LogP contribution in [0.5, 0.6) is 5.75 Å². The number of nitrogens with zero attached hydrogens (tertiary/aromatic N) is 3. The van der Waals surface area contributed by atoms with Crippen LogP contribution in [-0.4, -0.2) is 46.1 Å². The minimum atomic E-state index is -0.870. The predicted molar refractivity (Wildman–Crippen MR) is 101 cm³/mol. The molecule has 3 amide bonds. The van der Waals surface area contributed by atoms with Gasteiger partial charge in [0, 0.05) is 19.0 Å². The van der Waals surface area contributed by atoms with E-state index < -0.39 is 33.3 Å². The Morgan fingerprint density at radius 1 is 1.07 bits per heavy atom. The van der Waals surface area contributed by atoms with Gasteiger partial charge in [-0.2, -0.15) is 0 Å². The molecule has 0 aromatic heterocycles. The van der Waals surface area contributed by atoms with Gasteiger partial charge < -0.3 is 10.1 Å². The number of benzene rings is 2. The van der Waals surface area contributed by atoms with Gasteiger partial charge in [0.1, 0.15) is 17.0 Å². The Balaban J connectivity index is 1.72. The van der Waals surface area contributed by atoms with Crippen LogP contribution in [-0.2, 0) is 4.79 Å². The Bertz CT molecular complexity index is 1100. The fraction of sp³-hybridized carbons (Fsp3) is 0.167. The molecule has 0 atom stereocenters. The van der Waals surface area contributed by atoms with Crippen LogP contribution in [0.15, 0.2) is 36.4 Å². The Labute approximate surface area is 168 Å². The Morgan fingerprint density at radius 2 is 1.77 bits per heavy atom. The third-order valence-corrected chi connectivity index (χ3v) is 4.41. The first-order chi connectivity index (χ1) is 14.2. The molecule has 1 aliphatic rings. The van der Waals surface area contributed by atoms with E-state index in [9.17, 15) is 34.6 Å². The van der Waals surface area contributed by atoms with Crippen LogP contribution in [0, 0.1) is 20.2 Å². The number of methoxy groups -OCH3 is 1. The number of carbonyl (C=O) groups is 3. The molecule has 0 bridgehead atoms. The van der Waals surface area contributed by atoms with Crippen LogP contribution in [0.2, 0.25) is 0 Å². The SMILES string of the molecule is COc1ccc(NC(=O)CCN2C(=O)c3cccc([N+](=O)[O-])c3C2=O)c([N+](=O)[O-])c1. The molecule has 0 radical (unpaired) electrons. The summed E-state index contributed by atoms with van der Waals surface area (Å²) in [6, 6.07) is 7.55. The van der Waals surface area contributed by atoms with Crippen molar-refractivity contribution < 1.29 is 29.0 Å². The van der Waals surface area contributed by atoms with E-state index in [2.05, 4.69) is 5.32 Å². The van der Waals surface area contributed by atoms with E-state index in [1.165, 1.54) is 31.4 Å². The van der Waals surface area contributed by atoms with Gasteiger partial charge in [-0.05, 0) is 18.2 Å². The van der Waals surface area contributed by atoms with Crippen molar-refractivity contribution in [1.29, 1.82) is 0 Å². The molecule has 154 valence electrons. The van der Waals surface area contributed by atoms with Gasteiger partial charge in [-0.25, -0.2) is 0 Å². The molecule has 1 heterocycles. The van der Waals surface area contributed by atoms with Crippen LogP contribution in [0.3, 0.4) is 0 Å². The number of imide groups is 1. The van der Waals surface area contributed by atoms with E-state index in [1.807, 2.05) is 0 Å². The lowest BCUT2D eigenvalue weighted by Gasteiger charge is -2.13. The standard InChI is InChI=1S/C18H14N4O8/c1-30-10-5-6-12(14(9-10)22(28)29)19-15(23)7-8-20-17(24)11-3-2-4-13(21(26)27)16(11)18(20)25/h2-6,9H,7-8H2,1H3,(H,19,23). The molecule has 1 N–H and O–H groups in total. The molecule has 12 heteroatoms. The van der Waals surface area contributed by atoms with Crippen molar-refractivity contribution in [2.45, 2.75) is 6.42 Å². The number of nitro benzene ring substituents is 2. The number of fused-ring (bicyclic) bond motifs is 1. The van der Waals surface area contributed by atoms with E-state index in [4.69, 9.17) is 4.74 Å². The monoisotopic (exact) mass is 414 g/mol. The number of anilines is 1. The summed E-state index contributed by atoms with van der Waals surface area (Å²) >= 11 is 0. The number of ether oxygens (including phenoxy) is 1. The Kier molecular flexibility index (Phi) is 5.40. The fourth-order valence-electron chi connectivity index (χ4n) is 2.99. The summed E-state index contributed by atoms with van der Waals surface area (Å²) in [6.45, 7) is -0.348. The van der Waals surface area contributed by atoms with Gasteiger partial charge in [-0.15, -0.1) is 0 Å². The van der Waals surface area contributed by atoms with Gasteiger partial charge in [-0.3, -0.25) is 39.5 Å². The zero-order chi connectivity index (χ0) is 22.0. The zero-order valence-corrected chi connectivity index (χ0v) is 15.5. The van der Waals surface area contributed by atoms with Crippen LogP contribution < -0.4 is 10.1 Å². The third-order valence-electron chi connectivity index (χ3n) is 4.41. The Hall–Kier alpha value is -4.35. The van der Waals surface area contributed by atoms with Crippen molar-refractivity contribution in [2.24, 2.45) is 0 Å². The van der Waals surface area contributed by atoms with Crippen LogP contribution in [0.25, 0.3) is 0 Å². The molecule has 0 aliphatic carbocycles. The highest BCUT2D eigenvalue weighted by molar-refractivity contribution is 6.23. The van der Waals surface area contributed by atoms with Gasteiger partial charge in [0.15, 0.2) is 0 Å².